The third kappa shape index (κ3) is 5.14. The first-order chi connectivity index (χ1) is 7.72. The normalized spacial score (nSPS) is 16.1. The van der Waals surface area contributed by atoms with Crippen molar-refractivity contribution in [2.75, 3.05) is 13.7 Å². The van der Waals surface area contributed by atoms with Crippen molar-refractivity contribution < 1.29 is 14.3 Å². The van der Waals surface area contributed by atoms with Crippen LogP contribution in [0, 0.1) is 5.92 Å². The predicted molar refractivity (Wildman–Crippen MR) is 60.8 cm³/mol. The second-order valence-corrected chi connectivity index (χ2v) is 4.38. The van der Waals surface area contributed by atoms with Crippen molar-refractivity contribution in [1.82, 2.24) is 5.32 Å². The van der Waals surface area contributed by atoms with Crippen molar-refractivity contribution in [1.29, 1.82) is 0 Å². The maximum absolute atomic E-state index is 11.5. The molecule has 1 saturated carbocycles. The molecule has 0 aliphatic heterocycles. The van der Waals surface area contributed by atoms with Gasteiger partial charge in [-0.2, -0.15) is 0 Å². The first-order valence-electron chi connectivity index (χ1n) is 6.06. The van der Waals surface area contributed by atoms with E-state index >= 15 is 0 Å². The summed E-state index contributed by atoms with van der Waals surface area (Å²) in [5.41, 5.74) is 0. The van der Waals surface area contributed by atoms with Gasteiger partial charge in [0.15, 0.2) is 0 Å². The van der Waals surface area contributed by atoms with E-state index in [1.165, 1.54) is 32.8 Å². The Morgan fingerprint density at radius 3 is 2.62 bits per heavy atom. The van der Waals surface area contributed by atoms with Gasteiger partial charge in [-0.15, -0.1) is 0 Å². The van der Waals surface area contributed by atoms with Crippen LogP contribution in [-0.2, 0) is 14.3 Å². The van der Waals surface area contributed by atoms with E-state index in [1.807, 2.05) is 0 Å². The lowest BCUT2D eigenvalue weighted by molar-refractivity contribution is -0.140. The number of methoxy groups -OCH3 is 1. The van der Waals surface area contributed by atoms with Crippen molar-refractivity contribution in [3.05, 3.63) is 0 Å². The Balaban J connectivity index is 1.99. The number of nitrogens with one attached hydrogen (secondary N) is 1. The fourth-order valence-electron chi connectivity index (χ4n) is 2.11. The van der Waals surface area contributed by atoms with Crippen LogP contribution in [0.25, 0.3) is 0 Å². The molecule has 0 saturated heterocycles. The van der Waals surface area contributed by atoms with E-state index in [-0.39, 0.29) is 11.9 Å². The summed E-state index contributed by atoms with van der Waals surface area (Å²) in [6, 6.07) is 0. The van der Waals surface area contributed by atoms with Gasteiger partial charge in [-0.1, -0.05) is 12.8 Å². The van der Waals surface area contributed by atoms with Gasteiger partial charge >= 0.3 is 5.97 Å². The molecule has 0 aromatic rings. The Labute approximate surface area is 96.7 Å². The molecule has 1 amide bonds. The third-order valence-corrected chi connectivity index (χ3v) is 3.06. The van der Waals surface area contributed by atoms with Crippen molar-refractivity contribution in [2.24, 2.45) is 5.92 Å². The lowest BCUT2D eigenvalue weighted by Crippen LogP contribution is -2.26. The molecule has 1 N–H and O–H groups in total. The summed E-state index contributed by atoms with van der Waals surface area (Å²) < 4.78 is 4.51. The quantitative estimate of drug-likeness (QED) is 0.554. The molecule has 1 aliphatic rings. The lowest BCUT2D eigenvalue weighted by Gasteiger charge is -2.09. The van der Waals surface area contributed by atoms with Gasteiger partial charge in [-0.3, -0.25) is 9.59 Å². The number of carbonyl (C=O) groups is 2. The highest BCUT2D eigenvalue weighted by molar-refractivity contribution is 5.76. The minimum Gasteiger partial charge on any atom is -0.469 e. The van der Waals surface area contributed by atoms with Gasteiger partial charge in [0.05, 0.1) is 7.11 Å². The van der Waals surface area contributed by atoms with E-state index in [9.17, 15) is 9.59 Å². The molecular weight excluding hydrogens is 206 g/mol. The van der Waals surface area contributed by atoms with Crippen LogP contribution in [0.1, 0.15) is 44.9 Å². The summed E-state index contributed by atoms with van der Waals surface area (Å²) in [7, 11) is 1.38. The van der Waals surface area contributed by atoms with Gasteiger partial charge in [0, 0.05) is 19.4 Å². The number of hydrogen-bond acceptors (Lipinski definition) is 3. The van der Waals surface area contributed by atoms with Gasteiger partial charge in [-0.25, -0.2) is 0 Å². The molecule has 16 heavy (non-hydrogen) atoms. The van der Waals surface area contributed by atoms with Crippen molar-refractivity contribution >= 4 is 11.9 Å². The van der Waals surface area contributed by atoms with Crippen LogP contribution in [-0.4, -0.2) is 25.5 Å². The van der Waals surface area contributed by atoms with Crippen molar-refractivity contribution in [3.8, 4) is 0 Å². The van der Waals surface area contributed by atoms with E-state index in [0.29, 0.717) is 31.7 Å². The highest BCUT2D eigenvalue weighted by atomic mass is 16.5. The maximum Gasteiger partial charge on any atom is 0.305 e. The molecule has 1 aliphatic carbocycles. The predicted octanol–water partition coefficient (Wildman–Crippen LogP) is 1.64. The fourth-order valence-corrected chi connectivity index (χ4v) is 2.11. The minimum absolute atomic E-state index is 0.122. The summed E-state index contributed by atoms with van der Waals surface area (Å²) in [6.07, 6.45) is 6.59. The Bertz CT molecular complexity index is 234. The molecule has 0 radical (unpaired) electrons. The molecule has 0 aromatic heterocycles. The molecular formula is C12H21NO3. The molecule has 0 spiro atoms. The van der Waals surface area contributed by atoms with Crippen LogP contribution in [0.2, 0.25) is 0 Å². The van der Waals surface area contributed by atoms with Crippen LogP contribution in [0.15, 0.2) is 0 Å². The second kappa shape index (κ2) is 7.25. The summed E-state index contributed by atoms with van der Waals surface area (Å²) >= 11 is 0. The Morgan fingerprint density at radius 1 is 1.31 bits per heavy atom. The van der Waals surface area contributed by atoms with Gasteiger partial charge < -0.3 is 10.1 Å². The molecule has 0 aromatic carbocycles. The topological polar surface area (TPSA) is 55.4 Å². The molecule has 1 rings (SSSR count). The third-order valence-electron chi connectivity index (χ3n) is 3.06. The van der Waals surface area contributed by atoms with Crippen LogP contribution in [0.4, 0.5) is 0 Å². The van der Waals surface area contributed by atoms with Crippen LogP contribution in [0.5, 0.6) is 0 Å². The van der Waals surface area contributed by atoms with E-state index in [0.717, 1.165) is 0 Å². The minimum atomic E-state index is -0.218. The highest BCUT2D eigenvalue weighted by Gasteiger charge is 2.17. The van der Waals surface area contributed by atoms with E-state index in [2.05, 4.69) is 10.1 Å². The number of carbonyl (C=O) groups excluding carboxylic acids is 2. The van der Waals surface area contributed by atoms with Gasteiger partial charge in [-0.05, 0) is 25.2 Å². The zero-order valence-electron chi connectivity index (χ0n) is 9.96. The molecule has 4 heteroatoms. The molecule has 0 bridgehead atoms. The number of esters is 1. The monoisotopic (exact) mass is 227 g/mol. The second-order valence-electron chi connectivity index (χ2n) is 4.38. The van der Waals surface area contributed by atoms with Crippen LogP contribution >= 0.6 is 0 Å². The molecule has 0 heterocycles. The number of rotatable bonds is 6. The largest absolute Gasteiger partial charge is 0.469 e. The summed E-state index contributed by atoms with van der Waals surface area (Å²) in [5, 5.41) is 2.84. The summed E-state index contributed by atoms with van der Waals surface area (Å²) in [4.78, 5) is 22.3. The van der Waals surface area contributed by atoms with Crippen LogP contribution < -0.4 is 5.32 Å². The molecule has 92 valence electrons. The fraction of sp³-hybridized carbons (Fsp3) is 0.833. The first kappa shape index (κ1) is 13.0. The smallest absolute Gasteiger partial charge is 0.305 e. The number of ether oxygens (including phenoxy) is 1. The summed E-state index contributed by atoms with van der Waals surface area (Å²) in [5.74, 6) is 0.488. The first-order valence-corrected chi connectivity index (χ1v) is 6.06. The van der Waals surface area contributed by atoms with Gasteiger partial charge in [0.25, 0.3) is 0 Å². The van der Waals surface area contributed by atoms with Gasteiger partial charge in [0.1, 0.15) is 0 Å². The molecule has 0 atom stereocenters. The lowest BCUT2D eigenvalue weighted by atomic mass is 10.0. The van der Waals surface area contributed by atoms with Crippen LogP contribution in [0.3, 0.4) is 0 Å². The van der Waals surface area contributed by atoms with Crippen molar-refractivity contribution in [2.45, 2.75) is 44.9 Å². The van der Waals surface area contributed by atoms with E-state index in [4.69, 9.17) is 0 Å². The number of amides is 1. The SMILES string of the molecule is COC(=O)CCCNC(=O)CC1CCCC1. The summed E-state index contributed by atoms with van der Waals surface area (Å²) in [6.45, 7) is 0.570. The van der Waals surface area contributed by atoms with Crippen molar-refractivity contribution in [3.63, 3.8) is 0 Å². The molecule has 0 unspecified atom stereocenters. The Kier molecular flexibility index (Phi) is 5.90. The maximum atomic E-state index is 11.5. The Hall–Kier alpha value is -1.06. The number of hydrogen-bond donors (Lipinski definition) is 1. The average molecular weight is 227 g/mol. The standard InChI is InChI=1S/C12H21NO3/c1-16-12(15)7-4-8-13-11(14)9-10-5-2-3-6-10/h10H,2-9H2,1H3,(H,13,14). The zero-order chi connectivity index (χ0) is 11.8. The highest BCUT2D eigenvalue weighted by Crippen LogP contribution is 2.27. The zero-order valence-corrected chi connectivity index (χ0v) is 9.96. The average Bonchev–Trinajstić information content (AvgIpc) is 2.76. The van der Waals surface area contributed by atoms with E-state index in [1.54, 1.807) is 0 Å². The Morgan fingerprint density at radius 2 is 2.00 bits per heavy atom. The van der Waals surface area contributed by atoms with E-state index < -0.39 is 0 Å². The van der Waals surface area contributed by atoms with Gasteiger partial charge in [0.2, 0.25) is 5.91 Å². The molecule has 1 fully saturated rings. The molecule has 4 nitrogen and oxygen atoms in total.